The van der Waals surface area contributed by atoms with Gasteiger partial charge in [-0.05, 0) is 62.2 Å². The maximum Gasteiger partial charge on any atom is 0.267 e. The first-order valence-corrected chi connectivity index (χ1v) is 10.9. The lowest BCUT2D eigenvalue weighted by Crippen LogP contribution is -2.42. The van der Waals surface area contributed by atoms with Gasteiger partial charge in [-0.25, -0.2) is 9.49 Å². The Kier molecular flexibility index (Phi) is 5.20. The summed E-state index contributed by atoms with van der Waals surface area (Å²) in [6, 6.07) is 15.4. The Bertz CT molecular complexity index is 1140. The number of aromatic nitrogens is 2. The van der Waals surface area contributed by atoms with E-state index in [4.69, 9.17) is 0 Å². The molecule has 5 nitrogen and oxygen atoms in total. The molecule has 2 aliphatic rings. The molecule has 3 atom stereocenters. The van der Waals surface area contributed by atoms with Crippen molar-refractivity contribution in [1.29, 1.82) is 0 Å². The highest BCUT2D eigenvalue weighted by Crippen LogP contribution is 2.46. The standard InChI is InChI=1S/C25H27FN4O/c1-30(2)14-15-6-8-17(9-7-15)23-21(16-10-12-18(26)13-11-16)24-22-19(25(31)29-28-24)4-3-5-20(22)27-23/h6-13,20-21,23,27H,3-5,14H2,1-2H3,(H,29,31). The number of H-pyrrole nitrogens is 1. The van der Waals surface area contributed by atoms with Crippen LogP contribution >= 0.6 is 0 Å². The van der Waals surface area contributed by atoms with Gasteiger partial charge in [-0.3, -0.25) is 4.79 Å². The molecule has 1 aliphatic heterocycles. The Morgan fingerprint density at radius 2 is 1.77 bits per heavy atom. The van der Waals surface area contributed by atoms with Gasteiger partial charge in [0.15, 0.2) is 0 Å². The van der Waals surface area contributed by atoms with Gasteiger partial charge >= 0.3 is 0 Å². The molecule has 2 N–H and O–H groups in total. The van der Waals surface area contributed by atoms with Gasteiger partial charge in [0, 0.05) is 35.7 Å². The lowest BCUT2D eigenvalue weighted by Gasteiger charge is -2.41. The fourth-order valence-corrected chi connectivity index (χ4v) is 5.16. The topological polar surface area (TPSA) is 61.0 Å². The zero-order valence-electron chi connectivity index (χ0n) is 17.9. The van der Waals surface area contributed by atoms with Crippen molar-refractivity contribution in [2.75, 3.05) is 14.1 Å². The van der Waals surface area contributed by atoms with Crippen LogP contribution in [0.15, 0.2) is 53.3 Å². The highest BCUT2D eigenvalue weighted by Gasteiger charge is 2.40. The molecule has 0 radical (unpaired) electrons. The van der Waals surface area contributed by atoms with Crippen molar-refractivity contribution in [2.45, 2.75) is 43.8 Å². The van der Waals surface area contributed by atoms with Gasteiger partial charge in [-0.1, -0.05) is 36.4 Å². The molecule has 3 unspecified atom stereocenters. The van der Waals surface area contributed by atoms with E-state index in [1.165, 1.54) is 23.3 Å². The lowest BCUT2D eigenvalue weighted by atomic mass is 9.74. The predicted molar refractivity (Wildman–Crippen MR) is 118 cm³/mol. The van der Waals surface area contributed by atoms with E-state index in [1.807, 2.05) is 12.1 Å². The Morgan fingerprint density at radius 3 is 2.48 bits per heavy atom. The molecule has 0 saturated heterocycles. The molecule has 5 rings (SSSR count). The first-order valence-electron chi connectivity index (χ1n) is 10.9. The minimum absolute atomic E-state index is 0.0132. The van der Waals surface area contributed by atoms with Crippen molar-refractivity contribution in [3.63, 3.8) is 0 Å². The maximum absolute atomic E-state index is 13.7. The summed E-state index contributed by atoms with van der Waals surface area (Å²) in [4.78, 5) is 14.6. The van der Waals surface area contributed by atoms with Gasteiger partial charge in [0.1, 0.15) is 5.82 Å². The highest BCUT2D eigenvalue weighted by atomic mass is 19.1. The minimum atomic E-state index is -0.258. The number of aromatic amines is 1. The van der Waals surface area contributed by atoms with Crippen molar-refractivity contribution in [1.82, 2.24) is 20.4 Å². The quantitative estimate of drug-likeness (QED) is 0.676. The van der Waals surface area contributed by atoms with Gasteiger partial charge in [-0.2, -0.15) is 5.10 Å². The first kappa shape index (κ1) is 20.1. The van der Waals surface area contributed by atoms with Gasteiger partial charge < -0.3 is 10.2 Å². The number of halogens is 1. The van der Waals surface area contributed by atoms with Crippen LogP contribution in [0.5, 0.6) is 0 Å². The van der Waals surface area contributed by atoms with E-state index in [9.17, 15) is 9.18 Å². The molecule has 3 aromatic rings. The van der Waals surface area contributed by atoms with Crippen LogP contribution in [0.1, 0.15) is 64.4 Å². The molecular formula is C25H27FN4O. The third-order valence-corrected chi connectivity index (χ3v) is 6.50. The van der Waals surface area contributed by atoms with Gasteiger partial charge in [0.25, 0.3) is 5.56 Å². The lowest BCUT2D eigenvalue weighted by molar-refractivity contribution is 0.336. The Balaban J connectivity index is 1.63. The average molecular weight is 419 g/mol. The molecule has 0 spiro atoms. The fraction of sp³-hybridized carbons (Fsp3) is 0.360. The molecule has 1 aromatic heterocycles. The van der Waals surface area contributed by atoms with Crippen LogP contribution in [-0.2, 0) is 13.0 Å². The second kappa shape index (κ2) is 8.02. The van der Waals surface area contributed by atoms with E-state index in [-0.39, 0.29) is 29.4 Å². The molecule has 31 heavy (non-hydrogen) atoms. The molecule has 2 heterocycles. The minimum Gasteiger partial charge on any atom is -0.305 e. The van der Waals surface area contributed by atoms with E-state index in [2.05, 4.69) is 58.8 Å². The molecule has 6 heteroatoms. The summed E-state index contributed by atoms with van der Waals surface area (Å²) in [5.74, 6) is -0.369. The first-order chi connectivity index (χ1) is 15.0. The smallest absolute Gasteiger partial charge is 0.267 e. The van der Waals surface area contributed by atoms with E-state index in [0.717, 1.165) is 48.2 Å². The normalized spacial score (nSPS) is 22.4. The molecule has 0 saturated carbocycles. The molecular weight excluding hydrogens is 391 g/mol. The van der Waals surface area contributed by atoms with Crippen LogP contribution < -0.4 is 10.9 Å². The third-order valence-electron chi connectivity index (χ3n) is 6.50. The van der Waals surface area contributed by atoms with E-state index >= 15 is 0 Å². The number of nitrogens with zero attached hydrogens (tertiary/aromatic N) is 2. The zero-order chi connectivity index (χ0) is 21.5. The van der Waals surface area contributed by atoms with Crippen LogP contribution in [0.4, 0.5) is 4.39 Å². The largest absolute Gasteiger partial charge is 0.305 e. The Hall–Kier alpha value is -2.83. The summed E-state index contributed by atoms with van der Waals surface area (Å²) in [6.07, 6.45) is 2.74. The van der Waals surface area contributed by atoms with E-state index in [0.29, 0.717) is 0 Å². The molecule has 2 aromatic carbocycles. The van der Waals surface area contributed by atoms with Crippen molar-refractivity contribution in [3.8, 4) is 0 Å². The number of benzene rings is 2. The molecule has 0 bridgehead atoms. The number of hydrogen-bond donors (Lipinski definition) is 2. The fourth-order valence-electron chi connectivity index (χ4n) is 5.16. The summed E-state index contributed by atoms with van der Waals surface area (Å²) in [6.45, 7) is 0.886. The van der Waals surface area contributed by atoms with Gasteiger partial charge in [0.05, 0.1) is 5.69 Å². The second-order valence-corrected chi connectivity index (χ2v) is 8.93. The summed E-state index contributed by atoms with van der Waals surface area (Å²) < 4.78 is 13.7. The number of nitrogens with one attached hydrogen (secondary N) is 2. The Morgan fingerprint density at radius 1 is 1.06 bits per heavy atom. The summed E-state index contributed by atoms with van der Waals surface area (Å²) in [5.41, 5.74) is 6.13. The van der Waals surface area contributed by atoms with Crippen LogP contribution in [0.2, 0.25) is 0 Å². The van der Waals surface area contributed by atoms with Gasteiger partial charge in [0.2, 0.25) is 0 Å². The molecule has 1 aliphatic carbocycles. The monoisotopic (exact) mass is 418 g/mol. The van der Waals surface area contributed by atoms with Crippen molar-refractivity contribution in [3.05, 3.63) is 98.2 Å². The van der Waals surface area contributed by atoms with Crippen LogP contribution in [0.3, 0.4) is 0 Å². The predicted octanol–water partition coefficient (Wildman–Crippen LogP) is 3.82. The molecule has 0 amide bonds. The highest BCUT2D eigenvalue weighted by molar-refractivity contribution is 5.46. The van der Waals surface area contributed by atoms with Crippen LogP contribution in [0.25, 0.3) is 0 Å². The van der Waals surface area contributed by atoms with Crippen LogP contribution in [0, 0.1) is 5.82 Å². The van der Waals surface area contributed by atoms with Crippen LogP contribution in [-0.4, -0.2) is 29.2 Å². The van der Waals surface area contributed by atoms with Gasteiger partial charge in [-0.15, -0.1) is 0 Å². The average Bonchev–Trinajstić information content (AvgIpc) is 2.77. The second-order valence-electron chi connectivity index (χ2n) is 8.93. The summed E-state index contributed by atoms with van der Waals surface area (Å²) in [7, 11) is 4.12. The summed E-state index contributed by atoms with van der Waals surface area (Å²) >= 11 is 0. The number of hydrogen-bond acceptors (Lipinski definition) is 4. The number of rotatable bonds is 4. The maximum atomic E-state index is 13.7. The SMILES string of the molecule is CN(C)Cc1ccc(C2NC3CCCc4c3c(n[nH]c4=O)C2c2ccc(F)cc2)cc1. The Labute approximate surface area is 181 Å². The van der Waals surface area contributed by atoms with E-state index in [1.54, 1.807) is 0 Å². The van der Waals surface area contributed by atoms with E-state index < -0.39 is 0 Å². The zero-order valence-corrected chi connectivity index (χ0v) is 17.9. The summed E-state index contributed by atoms with van der Waals surface area (Å²) in [5, 5.41) is 11.1. The van der Waals surface area contributed by atoms with Crippen molar-refractivity contribution in [2.24, 2.45) is 0 Å². The molecule has 160 valence electrons. The van der Waals surface area contributed by atoms with Crippen molar-refractivity contribution < 1.29 is 4.39 Å². The van der Waals surface area contributed by atoms with Crippen molar-refractivity contribution >= 4 is 0 Å². The third kappa shape index (κ3) is 3.70. The molecule has 0 fully saturated rings.